The summed E-state index contributed by atoms with van der Waals surface area (Å²) in [6.07, 6.45) is 1.71. The minimum Gasteiger partial charge on any atom is -0.463 e. The molecule has 1 unspecified atom stereocenters. The van der Waals surface area contributed by atoms with Gasteiger partial charge in [0.2, 0.25) is 6.79 Å². The number of rotatable bonds is 5. The smallest absolute Gasteiger partial charge is 0.338 e. The van der Waals surface area contributed by atoms with Crippen LogP contribution in [-0.2, 0) is 9.53 Å². The molecule has 0 radical (unpaired) electrons. The van der Waals surface area contributed by atoms with Crippen LogP contribution in [0.5, 0.6) is 11.5 Å². The maximum absolute atomic E-state index is 13.8. The van der Waals surface area contributed by atoms with Gasteiger partial charge in [-0.25, -0.2) is 9.79 Å². The second-order valence-corrected chi connectivity index (χ2v) is 10.00. The standard InChI is InChI=1S/C29H24N2O6S/c1-4-34-28(33)25-17(3)30-29-31(26(25)19-8-10-22-23(13-19)36-15-35-22)27(32)24(38-29)14-20-9-11-21(37-20)18-7-5-6-16(2)12-18/h5-14,26H,4,15H2,1-3H3. The van der Waals surface area contributed by atoms with Gasteiger partial charge < -0.3 is 18.6 Å². The summed E-state index contributed by atoms with van der Waals surface area (Å²) in [5.74, 6) is 1.92. The molecule has 0 aliphatic carbocycles. The van der Waals surface area contributed by atoms with Gasteiger partial charge in [-0.15, -0.1) is 0 Å². The number of hydrogen-bond donors (Lipinski definition) is 0. The largest absolute Gasteiger partial charge is 0.463 e. The lowest BCUT2D eigenvalue weighted by atomic mass is 9.95. The van der Waals surface area contributed by atoms with Crippen molar-refractivity contribution in [1.82, 2.24) is 4.57 Å². The first-order valence-corrected chi connectivity index (χ1v) is 13.0. The number of furan rings is 1. The topological polar surface area (TPSA) is 92.3 Å². The molecule has 38 heavy (non-hydrogen) atoms. The summed E-state index contributed by atoms with van der Waals surface area (Å²) in [7, 11) is 0. The molecule has 4 heterocycles. The fraction of sp³-hybridized carbons (Fsp3) is 0.207. The summed E-state index contributed by atoms with van der Waals surface area (Å²) in [6, 6.07) is 16.4. The Morgan fingerprint density at radius 1 is 1.13 bits per heavy atom. The number of aryl methyl sites for hydroxylation is 1. The van der Waals surface area contributed by atoms with Crippen molar-refractivity contribution < 1.29 is 23.4 Å². The van der Waals surface area contributed by atoms with Crippen LogP contribution in [0.4, 0.5) is 0 Å². The quantitative estimate of drug-likeness (QED) is 0.362. The van der Waals surface area contributed by atoms with E-state index in [2.05, 4.69) is 4.99 Å². The van der Waals surface area contributed by atoms with Gasteiger partial charge in [0.1, 0.15) is 11.5 Å². The van der Waals surface area contributed by atoms with Gasteiger partial charge >= 0.3 is 5.97 Å². The van der Waals surface area contributed by atoms with Crippen molar-refractivity contribution in [1.29, 1.82) is 0 Å². The summed E-state index contributed by atoms with van der Waals surface area (Å²) >= 11 is 1.25. The Balaban J connectivity index is 1.48. The molecule has 2 aromatic carbocycles. The lowest BCUT2D eigenvalue weighted by Gasteiger charge is -2.24. The molecule has 1 atom stereocenters. The molecule has 6 rings (SSSR count). The van der Waals surface area contributed by atoms with E-state index in [9.17, 15) is 9.59 Å². The molecule has 8 nitrogen and oxygen atoms in total. The number of ether oxygens (including phenoxy) is 3. The first-order valence-electron chi connectivity index (χ1n) is 12.2. The second kappa shape index (κ2) is 9.50. The molecule has 0 fully saturated rings. The number of esters is 1. The minimum absolute atomic E-state index is 0.120. The molecule has 4 aromatic rings. The van der Waals surface area contributed by atoms with E-state index in [4.69, 9.17) is 18.6 Å². The van der Waals surface area contributed by atoms with E-state index < -0.39 is 12.0 Å². The van der Waals surface area contributed by atoms with E-state index in [0.29, 0.717) is 49.2 Å². The maximum Gasteiger partial charge on any atom is 0.338 e. The summed E-state index contributed by atoms with van der Waals surface area (Å²) in [5.41, 5.74) is 3.31. The highest BCUT2D eigenvalue weighted by atomic mass is 32.1. The molecule has 2 aliphatic heterocycles. The number of thiazole rings is 1. The zero-order valence-corrected chi connectivity index (χ0v) is 21.8. The van der Waals surface area contributed by atoms with Gasteiger partial charge in [-0.05, 0) is 56.7 Å². The predicted molar refractivity (Wildman–Crippen MR) is 142 cm³/mol. The summed E-state index contributed by atoms with van der Waals surface area (Å²) in [4.78, 5) is 32.0. The van der Waals surface area contributed by atoms with Gasteiger partial charge in [0, 0.05) is 11.6 Å². The number of aromatic nitrogens is 1. The lowest BCUT2D eigenvalue weighted by molar-refractivity contribution is -0.139. The number of nitrogens with zero attached hydrogens (tertiary/aromatic N) is 2. The highest BCUT2D eigenvalue weighted by Crippen LogP contribution is 2.38. The molecule has 0 saturated heterocycles. The lowest BCUT2D eigenvalue weighted by Crippen LogP contribution is -2.39. The van der Waals surface area contributed by atoms with Crippen LogP contribution in [0, 0.1) is 6.92 Å². The van der Waals surface area contributed by atoms with Crippen LogP contribution >= 0.6 is 11.3 Å². The van der Waals surface area contributed by atoms with E-state index in [1.54, 1.807) is 32.1 Å². The van der Waals surface area contributed by atoms with Crippen LogP contribution in [0.1, 0.15) is 36.8 Å². The molecule has 192 valence electrons. The predicted octanol–water partition coefficient (Wildman–Crippen LogP) is 4.10. The van der Waals surface area contributed by atoms with Crippen molar-refractivity contribution in [2.75, 3.05) is 13.4 Å². The van der Waals surface area contributed by atoms with Crippen LogP contribution in [0.25, 0.3) is 17.4 Å². The Labute approximate surface area is 221 Å². The van der Waals surface area contributed by atoms with Gasteiger partial charge in [0.15, 0.2) is 16.3 Å². The zero-order valence-electron chi connectivity index (χ0n) is 21.0. The highest BCUT2D eigenvalue weighted by molar-refractivity contribution is 7.07. The van der Waals surface area contributed by atoms with Crippen LogP contribution in [0.3, 0.4) is 0 Å². The normalized spacial score (nSPS) is 16.4. The van der Waals surface area contributed by atoms with Gasteiger partial charge in [0.25, 0.3) is 5.56 Å². The van der Waals surface area contributed by atoms with E-state index in [0.717, 1.165) is 11.1 Å². The molecular formula is C29H24N2O6S. The Morgan fingerprint density at radius 3 is 2.79 bits per heavy atom. The van der Waals surface area contributed by atoms with Crippen molar-refractivity contribution in [3.63, 3.8) is 0 Å². The molecule has 0 saturated carbocycles. The number of carbonyl (C=O) groups excluding carboxylic acids is 1. The Hall–Kier alpha value is -4.37. The van der Waals surface area contributed by atoms with Gasteiger partial charge in [-0.1, -0.05) is 41.2 Å². The Bertz CT molecular complexity index is 1790. The number of fused-ring (bicyclic) bond motifs is 2. The molecule has 0 amide bonds. The molecule has 9 heteroatoms. The van der Waals surface area contributed by atoms with E-state index in [-0.39, 0.29) is 19.0 Å². The van der Waals surface area contributed by atoms with Crippen LogP contribution in [0.15, 0.2) is 80.1 Å². The first kappa shape index (κ1) is 24.0. The molecule has 2 aliphatic rings. The average molecular weight is 529 g/mol. The van der Waals surface area contributed by atoms with Crippen molar-refractivity contribution >= 4 is 23.4 Å². The van der Waals surface area contributed by atoms with Crippen LogP contribution < -0.4 is 24.4 Å². The van der Waals surface area contributed by atoms with Gasteiger partial charge in [-0.3, -0.25) is 9.36 Å². The molecule has 0 spiro atoms. The van der Waals surface area contributed by atoms with E-state index >= 15 is 0 Å². The van der Waals surface area contributed by atoms with Crippen molar-refractivity contribution in [3.8, 4) is 22.8 Å². The van der Waals surface area contributed by atoms with Gasteiger partial charge in [0.05, 0.1) is 28.5 Å². The molecular weight excluding hydrogens is 504 g/mol. The molecule has 2 aromatic heterocycles. The molecule has 0 bridgehead atoms. The van der Waals surface area contributed by atoms with Crippen molar-refractivity contribution in [3.05, 3.63) is 102 Å². The van der Waals surface area contributed by atoms with Crippen molar-refractivity contribution in [2.24, 2.45) is 4.99 Å². The number of carbonyl (C=O) groups is 1. The number of benzene rings is 2. The number of allylic oxidation sites excluding steroid dienone is 1. The minimum atomic E-state index is -0.735. The monoisotopic (exact) mass is 528 g/mol. The summed E-state index contributed by atoms with van der Waals surface area (Å²) in [6.45, 7) is 5.85. The van der Waals surface area contributed by atoms with Crippen molar-refractivity contribution in [2.45, 2.75) is 26.8 Å². The van der Waals surface area contributed by atoms with Crippen LogP contribution in [0.2, 0.25) is 0 Å². The fourth-order valence-electron chi connectivity index (χ4n) is 4.70. The average Bonchev–Trinajstić information content (AvgIpc) is 3.63. The maximum atomic E-state index is 13.8. The molecule has 0 N–H and O–H groups in total. The SMILES string of the molecule is CCOC(=O)C1=C(C)N=c2sc(=Cc3ccc(-c4cccc(C)c4)o3)c(=O)n2C1c1ccc2c(c1)OCO2. The first-order chi connectivity index (χ1) is 18.4. The third-order valence-electron chi connectivity index (χ3n) is 6.43. The zero-order chi connectivity index (χ0) is 26.4. The van der Waals surface area contributed by atoms with Gasteiger partial charge in [-0.2, -0.15) is 0 Å². The Morgan fingerprint density at radius 2 is 1.97 bits per heavy atom. The summed E-state index contributed by atoms with van der Waals surface area (Å²) in [5, 5.41) is 0. The second-order valence-electron chi connectivity index (χ2n) is 8.99. The highest BCUT2D eigenvalue weighted by Gasteiger charge is 2.34. The third kappa shape index (κ3) is 4.14. The number of hydrogen-bond acceptors (Lipinski definition) is 8. The Kier molecular flexibility index (Phi) is 6.00. The van der Waals surface area contributed by atoms with E-state index in [1.165, 1.54) is 15.9 Å². The van der Waals surface area contributed by atoms with Crippen LogP contribution in [-0.4, -0.2) is 23.9 Å². The summed E-state index contributed by atoms with van der Waals surface area (Å²) < 4.78 is 24.4. The van der Waals surface area contributed by atoms with E-state index in [1.807, 2.05) is 49.4 Å². The third-order valence-corrected chi connectivity index (χ3v) is 7.42. The fourth-order valence-corrected chi connectivity index (χ4v) is 5.73.